The van der Waals surface area contributed by atoms with Crippen LogP contribution >= 0.6 is 11.3 Å². The van der Waals surface area contributed by atoms with E-state index in [9.17, 15) is 23.6 Å². The van der Waals surface area contributed by atoms with Crippen molar-refractivity contribution < 1.29 is 23.1 Å². The Morgan fingerprint density at radius 3 is 2.70 bits per heavy atom. The largest absolute Gasteiger partial charge is 0.452 e. The molecule has 1 unspecified atom stereocenters. The third kappa shape index (κ3) is 4.31. The Labute approximate surface area is 158 Å². The summed E-state index contributed by atoms with van der Waals surface area (Å²) in [6.07, 6.45) is 2.66. The van der Waals surface area contributed by atoms with Gasteiger partial charge in [0.2, 0.25) is 0 Å². The van der Waals surface area contributed by atoms with Gasteiger partial charge < -0.3 is 10.1 Å². The van der Waals surface area contributed by atoms with E-state index in [2.05, 4.69) is 18.3 Å². The number of carbonyl (C=O) groups is 2. The molecule has 0 aliphatic heterocycles. The number of carbonyl (C=O) groups excluding carboxylic acids is 2. The van der Waals surface area contributed by atoms with Gasteiger partial charge in [-0.2, -0.15) is 5.26 Å². The van der Waals surface area contributed by atoms with Crippen LogP contribution in [0, 0.1) is 28.9 Å². The van der Waals surface area contributed by atoms with Crippen LogP contribution in [0.5, 0.6) is 0 Å². The Bertz CT molecular complexity index is 929. The number of hydrogen-bond donors (Lipinski definition) is 1. The number of nitrogens with zero attached hydrogens (tertiary/aromatic N) is 1. The number of ether oxygens (including phenoxy) is 1. The second kappa shape index (κ2) is 7.84. The molecule has 1 aliphatic rings. The molecule has 1 aromatic heterocycles. The summed E-state index contributed by atoms with van der Waals surface area (Å²) in [5.41, 5.74) is 1.11. The molecule has 1 heterocycles. The van der Waals surface area contributed by atoms with Crippen LogP contribution in [0.3, 0.4) is 0 Å². The van der Waals surface area contributed by atoms with Crippen molar-refractivity contribution in [2.24, 2.45) is 5.92 Å². The maximum absolute atomic E-state index is 13.1. The normalized spacial score (nSPS) is 15.6. The molecule has 0 saturated carbocycles. The van der Waals surface area contributed by atoms with Crippen molar-refractivity contribution in [1.82, 2.24) is 0 Å². The first-order chi connectivity index (χ1) is 12.9. The molecule has 0 bridgehead atoms. The minimum absolute atomic E-state index is 0.321. The summed E-state index contributed by atoms with van der Waals surface area (Å²) in [4.78, 5) is 25.0. The average Bonchev–Trinajstić information content (AvgIpc) is 2.94. The van der Waals surface area contributed by atoms with E-state index in [-0.39, 0.29) is 5.56 Å². The van der Waals surface area contributed by atoms with Crippen LogP contribution in [0.1, 0.15) is 39.7 Å². The topological polar surface area (TPSA) is 79.2 Å². The highest BCUT2D eigenvalue weighted by atomic mass is 32.1. The quantitative estimate of drug-likeness (QED) is 0.805. The predicted molar refractivity (Wildman–Crippen MR) is 95.5 cm³/mol. The second-order valence-electron chi connectivity index (χ2n) is 6.45. The number of esters is 1. The summed E-state index contributed by atoms with van der Waals surface area (Å²) in [6.45, 7) is 1.52. The number of nitrogens with one attached hydrogen (secondary N) is 1. The van der Waals surface area contributed by atoms with Crippen molar-refractivity contribution in [3.05, 3.63) is 51.4 Å². The van der Waals surface area contributed by atoms with Crippen molar-refractivity contribution >= 4 is 28.2 Å². The maximum Gasteiger partial charge on any atom is 0.338 e. The number of fused-ring (bicyclic) bond motifs is 1. The number of halogens is 2. The van der Waals surface area contributed by atoms with Crippen LogP contribution in [0.15, 0.2) is 18.2 Å². The zero-order chi connectivity index (χ0) is 19.6. The molecule has 8 heteroatoms. The lowest BCUT2D eigenvalue weighted by Crippen LogP contribution is -2.21. The van der Waals surface area contributed by atoms with Gasteiger partial charge in [-0.25, -0.2) is 13.6 Å². The molecule has 1 aromatic carbocycles. The van der Waals surface area contributed by atoms with E-state index in [1.807, 2.05) is 0 Å². The molecule has 27 heavy (non-hydrogen) atoms. The van der Waals surface area contributed by atoms with Crippen molar-refractivity contribution in [2.75, 3.05) is 11.9 Å². The van der Waals surface area contributed by atoms with Crippen LogP contribution in [-0.2, 0) is 22.4 Å². The van der Waals surface area contributed by atoms with E-state index in [4.69, 9.17) is 4.74 Å². The summed E-state index contributed by atoms with van der Waals surface area (Å²) < 4.78 is 31.1. The fraction of sp³-hybridized carbons (Fsp3) is 0.316. The molecule has 1 atom stereocenters. The smallest absolute Gasteiger partial charge is 0.338 e. The molecule has 1 amide bonds. The third-order valence-corrected chi connectivity index (χ3v) is 5.48. The highest BCUT2D eigenvalue weighted by Crippen LogP contribution is 2.39. The first-order valence-corrected chi connectivity index (χ1v) is 9.16. The van der Waals surface area contributed by atoms with Crippen LogP contribution in [0.4, 0.5) is 13.8 Å². The molecular weight excluding hydrogens is 374 g/mol. The van der Waals surface area contributed by atoms with Gasteiger partial charge in [-0.05, 0) is 42.9 Å². The first-order valence-electron chi connectivity index (χ1n) is 8.35. The Morgan fingerprint density at radius 2 is 2.04 bits per heavy atom. The second-order valence-corrected chi connectivity index (χ2v) is 7.56. The summed E-state index contributed by atoms with van der Waals surface area (Å²) >= 11 is 1.36. The number of anilines is 1. The fourth-order valence-electron chi connectivity index (χ4n) is 3.01. The van der Waals surface area contributed by atoms with E-state index >= 15 is 0 Å². The van der Waals surface area contributed by atoms with Gasteiger partial charge in [0.15, 0.2) is 6.61 Å². The van der Waals surface area contributed by atoms with Crippen LogP contribution in [0.25, 0.3) is 0 Å². The highest BCUT2D eigenvalue weighted by molar-refractivity contribution is 7.16. The molecule has 140 valence electrons. The van der Waals surface area contributed by atoms with Gasteiger partial charge in [0.25, 0.3) is 5.91 Å². The van der Waals surface area contributed by atoms with Gasteiger partial charge in [0, 0.05) is 10.9 Å². The number of nitriles is 1. The van der Waals surface area contributed by atoms with Gasteiger partial charge in [-0.15, -0.1) is 11.3 Å². The van der Waals surface area contributed by atoms with Crippen molar-refractivity contribution in [3.63, 3.8) is 0 Å². The lowest BCUT2D eigenvalue weighted by atomic mass is 9.89. The molecule has 0 saturated heterocycles. The van der Waals surface area contributed by atoms with Gasteiger partial charge in [0.05, 0.1) is 11.1 Å². The molecular formula is C19H16F2N2O3S. The van der Waals surface area contributed by atoms with Gasteiger partial charge >= 0.3 is 5.97 Å². The van der Waals surface area contributed by atoms with Crippen LogP contribution in [-0.4, -0.2) is 18.5 Å². The van der Waals surface area contributed by atoms with Crippen molar-refractivity contribution in [1.29, 1.82) is 5.26 Å². The lowest BCUT2D eigenvalue weighted by molar-refractivity contribution is -0.119. The molecule has 1 aliphatic carbocycles. The third-order valence-electron chi connectivity index (χ3n) is 4.31. The summed E-state index contributed by atoms with van der Waals surface area (Å²) in [6, 6.07) is 4.41. The molecule has 2 aromatic rings. The Hall–Kier alpha value is -2.79. The van der Waals surface area contributed by atoms with Gasteiger partial charge in [0.1, 0.15) is 22.7 Å². The SMILES string of the molecule is CC1CCc2c(sc(NC(=O)COC(=O)c3cc(F)cc(F)c3)c2C#N)C1. The zero-order valence-electron chi connectivity index (χ0n) is 14.5. The monoisotopic (exact) mass is 390 g/mol. The van der Waals surface area contributed by atoms with Gasteiger partial charge in [-0.3, -0.25) is 4.79 Å². The van der Waals surface area contributed by atoms with E-state index in [1.165, 1.54) is 11.3 Å². The molecule has 1 N–H and O–H groups in total. The molecule has 0 radical (unpaired) electrons. The summed E-state index contributed by atoms with van der Waals surface area (Å²) in [5, 5.41) is 12.4. The Morgan fingerprint density at radius 1 is 1.33 bits per heavy atom. The molecule has 0 spiro atoms. The number of amides is 1. The van der Waals surface area contributed by atoms with Crippen molar-refractivity contribution in [2.45, 2.75) is 26.2 Å². The number of benzene rings is 1. The number of rotatable bonds is 4. The fourth-order valence-corrected chi connectivity index (χ4v) is 4.38. The molecule has 0 fully saturated rings. The number of thiophene rings is 1. The predicted octanol–water partition coefficient (Wildman–Crippen LogP) is 3.82. The Balaban J connectivity index is 1.65. The first kappa shape index (κ1) is 19.0. The average molecular weight is 390 g/mol. The minimum atomic E-state index is -1.01. The Kier molecular flexibility index (Phi) is 5.51. The van der Waals surface area contributed by atoms with Gasteiger partial charge in [-0.1, -0.05) is 6.92 Å². The maximum atomic E-state index is 13.1. The minimum Gasteiger partial charge on any atom is -0.452 e. The number of hydrogen-bond acceptors (Lipinski definition) is 5. The lowest BCUT2D eigenvalue weighted by Gasteiger charge is -2.17. The van der Waals surface area contributed by atoms with E-state index < -0.39 is 30.1 Å². The molecule has 3 rings (SSSR count). The molecule has 5 nitrogen and oxygen atoms in total. The van der Waals surface area contributed by atoms with E-state index in [1.54, 1.807) is 0 Å². The van der Waals surface area contributed by atoms with Crippen LogP contribution in [0.2, 0.25) is 0 Å². The van der Waals surface area contributed by atoms with E-state index in [0.717, 1.165) is 41.8 Å². The zero-order valence-corrected chi connectivity index (χ0v) is 15.3. The highest BCUT2D eigenvalue weighted by Gasteiger charge is 2.25. The van der Waals surface area contributed by atoms with Crippen LogP contribution < -0.4 is 5.32 Å². The standard InChI is InChI=1S/C19H16F2N2O3S/c1-10-2-3-14-15(8-22)18(27-16(14)4-10)23-17(24)9-26-19(25)11-5-12(20)7-13(21)6-11/h5-7,10H,2-4,9H2,1H3,(H,23,24). The van der Waals surface area contributed by atoms with Crippen molar-refractivity contribution in [3.8, 4) is 6.07 Å². The summed E-state index contributed by atoms with van der Waals surface area (Å²) in [5.74, 6) is -2.93. The summed E-state index contributed by atoms with van der Waals surface area (Å²) in [7, 11) is 0. The van der Waals surface area contributed by atoms with E-state index in [0.29, 0.717) is 22.5 Å².